The molecule has 1 aromatic rings. The summed E-state index contributed by atoms with van der Waals surface area (Å²) in [5, 5.41) is 11.2. The molecule has 2 rings (SSSR count). The van der Waals surface area contributed by atoms with Crippen LogP contribution in [-0.4, -0.2) is 40.1 Å². The van der Waals surface area contributed by atoms with Crippen LogP contribution in [0.15, 0.2) is 0 Å². The van der Waals surface area contributed by atoms with E-state index in [0.29, 0.717) is 11.4 Å². The first-order valence-electron chi connectivity index (χ1n) is 6.33. The Morgan fingerprint density at radius 3 is 2.56 bits per heavy atom. The molecular formula is C13H20N2O2S. The zero-order valence-electron chi connectivity index (χ0n) is 11.2. The molecule has 0 unspecified atom stereocenters. The van der Waals surface area contributed by atoms with E-state index < -0.39 is 5.60 Å². The van der Waals surface area contributed by atoms with Crippen LogP contribution in [0.3, 0.4) is 0 Å². The summed E-state index contributed by atoms with van der Waals surface area (Å²) in [6.07, 6.45) is 3.70. The van der Waals surface area contributed by atoms with Gasteiger partial charge in [0.1, 0.15) is 4.88 Å². The van der Waals surface area contributed by atoms with Gasteiger partial charge in [0.25, 0.3) is 5.91 Å². The summed E-state index contributed by atoms with van der Waals surface area (Å²) in [6, 6.07) is 0. The fraction of sp³-hybridized carbons (Fsp3) is 0.692. The first-order chi connectivity index (χ1) is 8.41. The van der Waals surface area contributed by atoms with Gasteiger partial charge in [-0.1, -0.05) is 12.8 Å². The predicted molar refractivity (Wildman–Crippen MR) is 72.0 cm³/mol. The van der Waals surface area contributed by atoms with Gasteiger partial charge in [-0.25, -0.2) is 4.98 Å². The molecule has 0 bridgehead atoms. The molecule has 0 radical (unpaired) electrons. The molecule has 1 fully saturated rings. The minimum Gasteiger partial charge on any atom is -0.388 e. The number of nitrogens with zero attached hydrogens (tertiary/aromatic N) is 2. The van der Waals surface area contributed by atoms with Crippen molar-refractivity contribution < 1.29 is 9.90 Å². The second-order valence-electron chi connectivity index (χ2n) is 5.24. The van der Waals surface area contributed by atoms with Crippen LogP contribution in [0.2, 0.25) is 0 Å². The lowest BCUT2D eigenvalue weighted by atomic mass is 10.0. The van der Waals surface area contributed by atoms with Gasteiger partial charge >= 0.3 is 0 Å². The second-order valence-corrected chi connectivity index (χ2v) is 6.44. The minimum atomic E-state index is -0.682. The first-order valence-corrected chi connectivity index (χ1v) is 7.15. The fourth-order valence-electron chi connectivity index (χ4n) is 2.61. The average Bonchev–Trinajstić information content (AvgIpc) is 2.84. The van der Waals surface area contributed by atoms with Crippen LogP contribution >= 0.6 is 11.3 Å². The highest BCUT2D eigenvalue weighted by Gasteiger charge is 2.34. The Kier molecular flexibility index (Phi) is 3.73. The van der Waals surface area contributed by atoms with E-state index in [0.717, 1.165) is 36.4 Å². The van der Waals surface area contributed by atoms with E-state index in [4.69, 9.17) is 0 Å². The lowest BCUT2D eigenvalue weighted by Crippen LogP contribution is -2.42. The number of carbonyl (C=O) groups excluding carboxylic acids is 1. The maximum atomic E-state index is 12.3. The van der Waals surface area contributed by atoms with E-state index in [-0.39, 0.29) is 5.91 Å². The van der Waals surface area contributed by atoms with Crippen molar-refractivity contribution in [1.29, 1.82) is 0 Å². The molecule has 0 saturated heterocycles. The van der Waals surface area contributed by atoms with E-state index in [2.05, 4.69) is 4.98 Å². The van der Waals surface area contributed by atoms with Gasteiger partial charge < -0.3 is 10.0 Å². The summed E-state index contributed by atoms with van der Waals surface area (Å²) in [7, 11) is 1.76. The van der Waals surface area contributed by atoms with Gasteiger partial charge in [-0.2, -0.15) is 0 Å². The third-order valence-corrected chi connectivity index (χ3v) is 4.57. The van der Waals surface area contributed by atoms with Crippen LogP contribution in [0.5, 0.6) is 0 Å². The Labute approximate surface area is 112 Å². The third kappa shape index (κ3) is 2.72. The van der Waals surface area contributed by atoms with Gasteiger partial charge in [0.15, 0.2) is 0 Å². The number of aryl methyl sites for hydroxylation is 2. The number of aromatic nitrogens is 1. The highest BCUT2D eigenvalue weighted by atomic mass is 32.1. The fourth-order valence-corrected chi connectivity index (χ4v) is 3.52. The number of amides is 1. The van der Waals surface area contributed by atoms with Gasteiger partial charge in [0.2, 0.25) is 0 Å². The highest BCUT2D eigenvalue weighted by Crippen LogP contribution is 2.30. The van der Waals surface area contributed by atoms with E-state index in [1.165, 1.54) is 11.3 Å². The number of aliphatic hydroxyl groups is 1. The average molecular weight is 268 g/mol. The van der Waals surface area contributed by atoms with Crippen molar-refractivity contribution >= 4 is 17.2 Å². The molecule has 1 heterocycles. The predicted octanol–water partition coefficient (Wildman–Crippen LogP) is 2.14. The number of hydrogen-bond acceptors (Lipinski definition) is 4. The molecule has 4 nitrogen and oxygen atoms in total. The molecule has 1 amide bonds. The smallest absolute Gasteiger partial charge is 0.265 e. The quantitative estimate of drug-likeness (QED) is 0.913. The highest BCUT2D eigenvalue weighted by molar-refractivity contribution is 7.13. The van der Waals surface area contributed by atoms with Crippen LogP contribution in [0.25, 0.3) is 0 Å². The van der Waals surface area contributed by atoms with Crippen LogP contribution in [-0.2, 0) is 0 Å². The lowest BCUT2D eigenvalue weighted by molar-refractivity contribution is 0.0158. The number of thiazole rings is 1. The zero-order chi connectivity index (χ0) is 13.3. The normalized spacial score (nSPS) is 18.0. The van der Waals surface area contributed by atoms with Crippen molar-refractivity contribution in [2.75, 3.05) is 13.6 Å². The molecule has 18 heavy (non-hydrogen) atoms. The summed E-state index contributed by atoms with van der Waals surface area (Å²) < 4.78 is 0. The van der Waals surface area contributed by atoms with Gasteiger partial charge in [0.05, 0.1) is 16.3 Å². The maximum Gasteiger partial charge on any atom is 0.265 e. The molecule has 0 atom stereocenters. The molecule has 100 valence electrons. The summed E-state index contributed by atoms with van der Waals surface area (Å²) in [5.41, 5.74) is 0.102. The molecule has 0 aliphatic heterocycles. The molecule has 1 aliphatic rings. The van der Waals surface area contributed by atoms with Crippen LogP contribution in [0.4, 0.5) is 0 Å². The van der Waals surface area contributed by atoms with Crippen molar-refractivity contribution in [2.24, 2.45) is 0 Å². The topological polar surface area (TPSA) is 53.4 Å². The van der Waals surface area contributed by atoms with Gasteiger partial charge in [-0.15, -0.1) is 11.3 Å². The molecule has 1 saturated carbocycles. The molecule has 1 aromatic heterocycles. The molecule has 5 heteroatoms. The lowest BCUT2D eigenvalue weighted by Gasteiger charge is -2.28. The number of likely N-dealkylation sites (N-methyl/N-ethyl adjacent to an activating group) is 1. The summed E-state index contributed by atoms with van der Waals surface area (Å²) >= 11 is 1.42. The summed E-state index contributed by atoms with van der Waals surface area (Å²) in [5.74, 6) is -0.0292. The van der Waals surface area contributed by atoms with E-state index >= 15 is 0 Å². The SMILES string of the molecule is Cc1nc(C)c(C(=O)N(C)CC2(O)CCCC2)s1. The van der Waals surface area contributed by atoms with Gasteiger partial charge in [-0.3, -0.25) is 4.79 Å². The van der Waals surface area contributed by atoms with E-state index in [1.54, 1.807) is 11.9 Å². The Morgan fingerprint density at radius 1 is 1.44 bits per heavy atom. The van der Waals surface area contributed by atoms with Crippen LogP contribution in [0, 0.1) is 13.8 Å². The van der Waals surface area contributed by atoms with Gasteiger partial charge in [-0.05, 0) is 26.7 Å². The minimum absolute atomic E-state index is 0.0292. The van der Waals surface area contributed by atoms with E-state index in [9.17, 15) is 9.90 Å². The summed E-state index contributed by atoms with van der Waals surface area (Å²) in [6.45, 7) is 4.18. The Morgan fingerprint density at radius 2 is 2.06 bits per heavy atom. The Bertz CT molecular complexity index is 450. The van der Waals surface area contributed by atoms with Crippen molar-refractivity contribution in [2.45, 2.75) is 45.1 Å². The molecule has 1 aliphatic carbocycles. The van der Waals surface area contributed by atoms with E-state index in [1.807, 2.05) is 13.8 Å². The van der Waals surface area contributed by atoms with Crippen molar-refractivity contribution in [3.05, 3.63) is 15.6 Å². The van der Waals surface area contributed by atoms with Crippen molar-refractivity contribution in [3.63, 3.8) is 0 Å². The summed E-state index contributed by atoms with van der Waals surface area (Å²) in [4.78, 5) is 18.9. The number of hydrogen-bond donors (Lipinski definition) is 1. The van der Waals surface area contributed by atoms with Crippen molar-refractivity contribution in [1.82, 2.24) is 9.88 Å². The van der Waals surface area contributed by atoms with Crippen LogP contribution < -0.4 is 0 Å². The Balaban J connectivity index is 2.07. The maximum absolute atomic E-state index is 12.3. The monoisotopic (exact) mass is 268 g/mol. The largest absolute Gasteiger partial charge is 0.388 e. The molecule has 1 N–H and O–H groups in total. The number of carbonyl (C=O) groups is 1. The Hall–Kier alpha value is -0.940. The zero-order valence-corrected chi connectivity index (χ0v) is 12.0. The van der Waals surface area contributed by atoms with Crippen LogP contribution in [0.1, 0.15) is 46.1 Å². The first kappa shape index (κ1) is 13.5. The van der Waals surface area contributed by atoms with Crippen molar-refractivity contribution in [3.8, 4) is 0 Å². The molecular weight excluding hydrogens is 248 g/mol. The molecule has 0 spiro atoms. The van der Waals surface area contributed by atoms with Gasteiger partial charge in [0, 0.05) is 13.6 Å². The number of rotatable bonds is 3. The second kappa shape index (κ2) is 4.97. The third-order valence-electron chi connectivity index (χ3n) is 3.51. The standard InChI is InChI=1S/C13H20N2O2S/c1-9-11(18-10(2)14-9)12(16)15(3)8-13(17)6-4-5-7-13/h17H,4-8H2,1-3H3. The molecule has 0 aromatic carbocycles.